The zero-order valence-corrected chi connectivity index (χ0v) is 12.3. The Kier molecular flexibility index (Phi) is 3.56. The van der Waals surface area contributed by atoms with Gasteiger partial charge < -0.3 is 5.11 Å². The molecule has 0 aromatic heterocycles. The molecule has 19 heavy (non-hydrogen) atoms. The van der Waals surface area contributed by atoms with Crippen LogP contribution in [-0.2, 0) is 0 Å². The molecule has 2 fully saturated rings. The van der Waals surface area contributed by atoms with Gasteiger partial charge >= 0.3 is 0 Å². The van der Waals surface area contributed by atoms with Gasteiger partial charge in [-0.3, -0.25) is 0 Å². The Morgan fingerprint density at radius 3 is 2.00 bits per heavy atom. The molecule has 0 aliphatic heterocycles. The van der Waals surface area contributed by atoms with Gasteiger partial charge in [-0.2, -0.15) is 0 Å². The van der Waals surface area contributed by atoms with Crippen molar-refractivity contribution in [1.82, 2.24) is 0 Å². The molecule has 1 aromatic carbocycles. The van der Waals surface area contributed by atoms with E-state index in [9.17, 15) is 5.11 Å². The smallest absolute Gasteiger partial charge is 0.122 e. The highest BCUT2D eigenvalue weighted by Gasteiger charge is 2.28. The minimum Gasteiger partial charge on any atom is -0.507 e. The minimum atomic E-state index is 0.611. The molecular formula is C18H26O. The number of phenols is 1. The largest absolute Gasteiger partial charge is 0.507 e. The van der Waals surface area contributed by atoms with Crippen LogP contribution in [0, 0.1) is 13.8 Å². The summed E-state index contributed by atoms with van der Waals surface area (Å²) in [6, 6.07) is 2.26. The van der Waals surface area contributed by atoms with E-state index in [4.69, 9.17) is 0 Å². The molecule has 0 spiro atoms. The standard InChI is InChI=1S/C18H26O/c1-12-11-16(14-7-3-4-8-14)18(19)17(13(12)2)15-9-5-6-10-15/h11,14-15,19H,3-10H2,1-2H3. The molecule has 0 amide bonds. The molecule has 2 aliphatic carbocycles. The number of phenolic OH excluding ortho intramolecular Hbond substituents is 1. The second kappa shape index (κ2) is 5.19. The van der Waals surface area contributed by atoms with Crippen LogP contribution >= 0.6 is 0 Å². The summed E-state index contributed by atoms with van der Waals surface area (Å²) in [5.41, 5.74) is 5.26. The lowest BCUT2D eigenvalue weighted by atomic mass is 9.84. The molecule has 0 saturated heterocycles. The van der Waals surface area contributed by atoms with E-state index in [1.807, 2.05) is 0 Å². The van der Waals surface area contributed by atoms with Gasteiger partial charge in [0.1, 0.15) is 5.75 Å². The van der Waals surface area contributed by atoms with E-state index in [-0.39, 0.29) is 0 Å². The first-order valence-corrected chi connectivity index (χ1v) is 8.01. The van der Waals surface area contributed by atoms with Crippen LogP contribution in [0.5, 0.6) is 5.75 Å². The third-order valence-electron chi connectivity index (χ3n) is 5.45. The predicted octanol–water partition coefficient (Wildman–Crippen LogP) is 5.32. The van der Waals surface area contributed by atoms with Gasteiger partial charge in [0.05, 0.1) is 0 Å². The Balaban J connectivity index is 2.05. The van der Waals surface area contributed by atoms with Crippen LogP contribution in [0.3, 0.4) is 0 Å². The molecule has 0 atom stereocenters. The van der Waals surface area contributed by atoms with Gasteiger partial charge in [0.15, 0.2) is 0 Å². The Hall–Kier alpha value is -0.980. The van der Waals surface area contributed by atoms with Crippen molar-refractivity contribution in [3.8, 4) is 5.75 Å². The molecular weight excluding hydrogens is 232 g/mol. The van der Waals surface area contributed by atoms with Crippen LogP contribution in [0.2, 0.25) is 0 Å². The van der Waals surface area contributed by atoms with Gasteiger partial charge in [-0.15, -0.1) is 0 Å². The highest BCUT2D eigenvalue weighted by atomic mass is 16.3. The van der Waals surface area contributed by atoms with Gasteiger partial charge in [-0.05, 0) is 68.1 Å². The Morgan fingerprint density at radius 1 is 0.895 bits per heavy atom. The monoisotopic (exact) mass is 258 g/mol. The summed E-state index contributed by atoms with van der Waals surface area (Å²) in [7, 11) is 0. The van der Waals surface area contributed by atoms with Crippen LogP contribution in [0.4, 0.5) is 0 Å². The molecule has 1 heteroatoms. The van der Waals surface area contributed by atoms with Gasteiger partial charge in [0.2, 0.25) is 0 Å². The van der Waals surface area contributed by atoms with Crippen molar-refractivity contribution in [2.45, 2.75) is 77.0 Å². The topological polar surface area (TPSA) is 20.2 Å². The Bertz CT molecular complexity index is 463. The summed E-state index contributed by atoms with van der Waals surface area (Å²) in [5.74, 6) is 1.88. The van der Waals surface area contributed by atoms with Crippen LogP contribution < -0.4 is 0 Å². The number of aryl methyl sites for hydroxylation is 1. The molecule has 1 nitrogen and oxygen atoms in total. The molecule has 3 rings (SSSR count). The third kappa shape index (κ3) is 2.28. The molecule has 0 heterocycles. The SMILES string of the molecule is Cc1cc(C2CCCC2)c(O)c(C2CCCC2)c1C. The highest BCUT2D eigenvalue weighted by Crippen LogP contribution is 2.47. The van der Waals surface area contributed by atoms with E-state index >= 15 is 0 Å². The second-order valence-corrected chi connectivity index (χ2v) is 6.63. The normalized spacial score (nSPS) is 21.4. The van der Waals surface area contributed by atoms with E-state index in [0.29, 0.717) is 17.6 Å². The summed E-state index contributed by atoms with van der Waals surface area (Å²) in [5, 5.41) is 10.8. The van der Waals surface area contributed by atoms with Crippen molar-refractivity contribution in [2.24, 2.45) is 0 Å². The maximum Gasteiger partial charge on any atom is 0.122 e. The van der Waals surface area contributed by atoms with E-state index in [0.717, 1.165) is 0 Å². The fourth-order valence-electron chi connectivity index (χ4n) is 4.22. The van der Waals surface area contributed by atoms with Crippen LogP contribution in [0.1, 0.15) is 85.5 Å². The van der Waals surface area contributed by atoms with E-state index < -0.39 is 0 Å². The quantitative estimate of drug-likeness (QED) is 0.760. The van der Waals surface area contributed by atoms with Crippen molar-refractivity contribution in [3.63, 3.8) is 0 Å². The number of aromatic hydroxyl groups is 1. The first-order chi connectivity index (χ1) is 9.18. The van der Waals surface area contributed by atoms with Crippen molar-refractivity contribution < 1.29 is 5.11 Å². The fraction of sp³-hybridized carbons (Fsp3) is 0.667. The molecule has 104 valence electrons. The summed E-state index contributed by atoms with van der Waals surface area (Å²) in [4.78, 5) is 0. The highest BCUT2D eigenvalue weighted by molar-refractivity contribution is 5.52. The third-order valence-corrected chi connectivity index (χ3v) is 5.45. The molecule has 1 N–H and O–H groups in total. The van der Waals surface area contributed by atoms with Crippen molar-refractivity contribution in [1.29, 1.82) is 0 Å². The Labute approximate surface area is 117 Å². The average molecular weight is 258 g/mol. The minimum absolute atomic E-state index is 0.611. The summed E-state index contributed by atoms with van der Waals surface area (Å²) in [6.45, 7) is 4.41. The molecule has 2 aliphatic rings. The molecule has 0 bridgehead atoms. The molecule has 0 radical (unpaired) electrons. The van der Waals surface area contributed by atoms with E-state index in [1.165, 1.54) is 73.6 Å². The number of rotatable bonds is 2. The van der Waals surface area contributed by atoms with Gasteiger partial charge in [-0.1, -0.05) is 31.7 Å². The first kappa shape index (κ1) is 13.0. The summed E-state index contributed by atoms with van der Waals surface area (Å²) in [6.07, 6.45) is 10.4. The second-order valence-electron chi connectivity index (χ2n) is 6.63. The van der Waals surface area contributed by atoms with Crippen molar-refractivity contribution in [2.75, 3.05) is 0 Å². The predicted molar refractivity (Wildman–Crippen MR) is 80.0 cm³/mol. The maximum atomic E-state index is 10.8. The lowest BCUT2D eigenvalue weighted by Gasteiger charge is -2.22. The fourth-order valence-corrected chi connectivity index (χ4v) is 4.22. The van der Waals surface area contributed by atoms with Gasteiger partial charge in [0.25, 0.3) is 0 Å². The molecule has 0 unspecified atom stereocenters. The van der Waals surface area contributed by atoms with Crippen LogP contribution in [0.25, 0.3) is 0 Å². The zero-order valence-electron chi connectivity index (χ0n) is 12.3. The van der Waals surface area contributed by atoms with Crippen molar-refractivity contribution in [3.05, 3.63) is 28.3 Å². The zero-order chi connectivity index (χ0) is 13.4. The molecule has 2 saturated carbocycles. The number of hydrogen-bond acceptors (Lipinski definition) is 1. The first-order valence-electron chi connectivity index (χ1n) is 8.01. The lowest BCUT2D eigenvalue weighted by Crippen LogP contribution is -2.04. The van der Waals surface area contributed by atoms with E-state index in [1.54, 1.807) is 0 Å². The van der Waals surface area contributed by atoms with Gasteiger partial charge in [0, 0.05) is 5.56 Å². The van der Waals surface area contributed by atoms with Crippen molar-refractivity contribution >= 4 is 0 Å². The summed E-state index contributed by atoms with van der Waals surface area (Å²) >= 11 is 0. The van der Waals surface area contributed by atoms with Crippen LogP contribution in [-0.4, -0.2) is 5.11 Å². The molecule has 1 aromatic rings. The van der Waals surface area contributed by atoms with Gasteiger partial charge in [-0.25, -0.2) is 0 Å². The lowest BCUT2D eigenvalue weighted by molar-refractivity contribution is 0.446. The van der Waals surface area contributed by atoms with E-state index in [2.05, 4.69) is 19.9 Å². The van der Waals surface area contributed by atoms with Crippen LogP contribution in [0.15, 0.2) is 6.07 Å². The summed E-state index contributed by atoms with van der Waals surface area (Å²) < 4.78 is 0. The Morgan fingerprint density at radius 2 is 1.42 bits per heavy atom. The maximum absolute atomic E-state index is 10.8. The number of benzene rings is 1. The average Bonchev–Trinajstić information content (AvgIpc) is 3.06. The number of hydrogen-bond donors (Lipinski definition) is 1.